The van der Waals surface area contributed by atoms with Gasteiger partial charge in [0.1, 0.15) is 5.82 Å². The molecule has 0 aliphatic carbocycles. The van der Waals surface area contributed by atoms with Crippen molar-refractivity contribution >= 4 is 34.6 Å². The number of pyridine rings is 1. The van der Waals surface area contributed by atoms with E-state index in [9.17, 15) is 14.0 Å². The Bertz CT molecular complexity index is 1000. The third-order valence-corrected chi connectivity index (χ3v) is 4.05. The minimum Gasteiger partial charge on any atom is -0.466 e. The maximum absolute atomic E-state index is 13.7. The lowest BCUT2D eigenvalue weighted by Crippen LogP contribution is -2.21. The van der Waals surface area contributed by atoms with Crippen molar-refractivity contribution in [3.8, 4) is 0 Å². The zero-order valence-corrected chi connectivity index (χ0v) is 14.5. The number of rotatable bonds is 4. The first-order valence-corrected chi connectivity index (χ1v) is 7.80. The Hall–Kier alpha value is -3.00. The van der Waals surface area contributed by atoms with Crippen molar-refractivity contribution in [1.82, 2.24) is 14.8 Å². The molecule has 1 aromatic carbocycles. The summed E-state index contributed by atoms with van der Waals surface area (Å²) in [5, 5.41) is 4.39. The van der Waals surface area contributed by atoms with Gasteiger partial charge in [-0.1, -0.05) is 17.7 Å². The summed E-state index contributed by atoms with van der Waals surface area (Å²) in [6.45, 7) is 0. The number of aromatic nitrogens is 3. The lowest BCUT2D eigenvalue weighted by atomic mass is 10.1. The molecule has 0 fully saturated rings. The quantitative estimate of drug-likeness (QED) is 0.650. The fourth-order valence-corrected chi connectivity index (χ4v) is 2.55. The van der Waals surface area contributed by atoms with E-state index in [1.165, 1.54) is 35.3 Å². The molecule has 2 aromatic heterocycles. The SMILES string of the molecule is COC(=O)C(OC(=O)c1ccnc2c1cnn2C)c1ccc(Cl)c(F)c1. The van der Waals surface area contributed by atoms with Gasteiger partial charge in [-0.3, -0.25) is 4.68 Å². The Balaban J connectivity index is 1.97. The number of nitrogens with zero attached hydrogens (tertiary/aromatic N) is 3. The molecule has 1 unspecified atom stereocenters. The molecule has 3 rings (SSSR count). The molecule has 0 saturated heterocycles. The number of carbonyl (C=O) groups is 2. The van der Waals surface area contributed by atoms with Gasteiger partial charge in [-0.15, -0.1) is 0 Å². The summed E-state index contributed by atoms with van der Waals surface area (Å²) in [5.41, 5.74) is 0.752. The van der Waals surface area contributed by atoms with Gasteiger partial charge in [0, 0.05) is 18.8 Å². The Morgan fingerprint density at radius 1 is 1.31 bits per heavy atom. The first kappa shape index (κ1) is 17.8. The average Bonchev–Trinajstić information content (AvgIpc) is 3.02. The van der Waals surface area contributed by atoms with Crippen molar-refractivity contribution in [3.05, 3.63) is 58.6 Å². The highest BCUT2D eigenvalue weighted by Gasteiger charge is 2.28. The summed E-state index contributed by atoms with van der Waals surface area (Å²) in [4.78, 5) is 28.8. The van der Waals surface area contributed by atoms with Gasteiger partial charge in [-0.2, -0.15) is 5.10 Å². The van der Waals surface area contributed by atoms with E-state index in [1.54, 1.807) is 7.05 Å². The number of halogens is 2. The van der Waals surface area contributed by atoms with Crippen molar-refractivity contribution in [1.29, 1.82) is 0 Å². The largest absolute Gasteiger partial charge is 0.466 e. The van der Waals surface area contributed by atoms with Crippen LogP contribution in [0, 0.1) is 5.82 Å². The number of fused-ring (bicyclic) bond motifs is 1. The van der Waals surface area contributed by atoms with Gasteiger partial charge in [-0.25, -0.2) is 19.0 Å². The Morgan fingerprint density at radius 2 is 2.08 bits per heavy atom. The molecule has 7 nitrogen and oxygen atoms in total. The lowest BCUT2D eigenvalue weighted by molar-refractivity contribution is -0.151. The third kappa shape index (κ3) is 3.23. The molecule has 0 spiro atoms. The molecular weight excluding hydrogens is 365 g/mol. The molecule has 2 heterocycles. The topological polar surface area (TPSA) is 83.3 Å². The van der Waals surface area contributed by atoms with Gasteiger partial charge in [-0.05, 0) is 18.2 Å². The van der Waals surface area contributed by atoms with E-state index in [0.717, 1.165) is 13.2 Å². The third-order valence-electron chi connectivity index (χ3n) is 3.74. The number of methoxy groups -OCH3 is 1. The summed E-state index contributed by atoms with van der Waals surface area (Å²) in [6, 6.07) is 5.11. The number of aryl methyl sites for hydroxylation is 1. The highest BCUT2D eigenvalue weighted by molar-refractivity contribution is 6.30. The summed E-state index contributed by atoms with van der Waals surface area (Å²) in [5.74, 6) is -2.39. The summed E-state index contributed by atoms with van der Waals surface area (Å²) in [6.07, 6.45) is 1.45. The van der Waals surface area contributed by atoms with Gasteiger partial charge >= 0.3 is 11.9 Å². The molecule has 0 aliphatic heterocycles. The highest BCUT2D eigenvalue weighted by atomic mass is 35.5. The van der Waals surface area contributed by atoms with Gasteiger partial charge in [0.25, 0.3) is 0 Å². The predicted octanol–water partition coefficient (Wildman–Crippen LogP) is 2.83. The standard InChI is InChI=1S/C17H13ClFN3O4/c1-22-15-11(8-21-22)10(5-6-20-15)16(23)26-14(17(24)25-2)9-3-4-12(18)13(19)7-9/h3-8,14H,1-2H3. The number of carbonyl (C=O) groups excluding carboxylic acids is 2. The number of ether oxygens (including phenoxy) is 2. The first-order chi connectivity index (χ1) is 12.4. The normalized spacial score (nSPS) is 12.0. The fourth-order valence-electron chi connectivity index (χ4n) is 2.43. The van der Waals surface area contributed by atoms with Crippen molar-refractivity contribution in [2.45, 2.75) is 6.10 Å². The van der Waals surface area contributed by atoms with E-state index in [1.807, 2.05) is 0 Å². The van der Waals surface area contributed by atoms with E-state index in [0.29, 0.717) is 11.0 Å². The minimum absolute atomic E-state index is 0.101. The van der Waals surface area contributed by atoms with Gasteiger partial charge < -0.3 is 9.47 Å². The van der Waals surface area contributed by atoms with Crippen LogP contribution in [0.15, 0.2) is 36.7 Å². The van der Waals surface area contributed by atoms with Crippen molar-refractivity contribution in [2.75, 3.05) is 7.11 Å². The van der Waals surface area contributed by atoms with E-state index in [2.05, 4.69) is 14.8 Å². The summed E-state index contributed by atoms with van der Waals surface area (Å²) in [7, 11) is 2.82. The first-order valence-electron chi connectivity index (χ1n) is 7.43. The molecule has 9 heteroatoms. The predicted molar refractivity (Wildman–Crippen MR) is 90.1 cm³/mol. The maximum atomic E-state index is 13.7. The van der Waals surface area contributed by atoms with Crippen molar-refractivity contribution < 1.29 is 23.5 Å². The van der Waals surface area contributed by atoms with Crippen LogP contribution < -0.4 is 0 Å². The molecule has 0 amide bonds. The Kier molecular flexibility index (Phi) is 4.85. The van der Waals surface area contributed by atoms with Crippen LogP contribution in [0.3, 0.4) is 0 Å². The average molecular weight is 378 g/mol. The van der Waals surface area contributed by atoms with E-state index >= 15 is 0 Å². The molecule has 0 N–H and O–H groups in total. The molecule has 0 radical (unpaired) electrons. The second-order valence-corrected chi connectivity index (χ2v) is 5.75. The number of benzene rings is 1. The van der Waals surface area contributed by atoms with Gasteiger partial charge in [0.2, 0.25) is 6.10 Å². The van der Waals surface area contributed by atoms with Crippen LogP contribution in [-0.4, -0.2) is 33.8 Å². The number of hydrogen-bond acceptors (Lipinski definition) is 6. The van der Waals surface area contributed by atoms with Crippen LogP contribution in [0.2, 0.25) is 5.02 Å². The van der Waals surface area contributed by atoms with Crippen LogP contribution in [0.25, 0.3) is 11.0 Å². The fraction of sp³-hybridized carbons (Fsp3) is 0.176. The van der Waals surface area contributed by atoms with Crippen molar-refractivity contribution in [2.24, 2.45) is 7.05 Å². The van der Waals surface area contributed by atoms with Crippen LogP contribution >= 0.6 is 11.6 Å². The lowest BCUT2D eigenvalue weighted by Gasteiger charge is -2.16. The summed E-state index contributed by atoms with van der Waals surface area (Å²) >= 11 is 5.65. The van der Waals surface area contributed by atoms with E-state index in [4.69, 9.17) is 16.3 Å². The second-order valence-electron chi connectivity index (χ2n) is 5.35. The maximum Gasteiger partial charge on any atom is 0.351 e. The van der Waals surface area contributed by atoms with Gasteiger partial charge in [0.15, 0.2) is 5.65 Å². The Labute approximate surface area is 152 Å². The Morgan fingerprint density at radius 3 is 2.77 bits per heavy atom. The van der Waals surface area contributed by atoms with Crippen LogP contribution in [0.5, 0.6) is 0 Å². The monoisotopic (exact) mass is 377 g/mol. The minimum atomic E-state index is -1.45. The molecule has 0 aliphatic rings. The zero-order valence-electron chi connectivity index (χ0n) is 13.8. The van der Waals surface area contributed by atoms with Gasteiger partial charge in [0.05, 0.1) is 29.3 Å². The second kappa shape index (κ2) is 7.09. The van der Waals surface area contributed by atoms with E-state index < -0.39 is 23.9 Å². The molecule has 3 aromatic rings. The summed E-state index contributed by atoms with van der Waals surface area (Å²) < 4.78 is 25.2. The molecule has 0 bridgehead atoms. The smallest absolute Gasteiger partial charge is 0.351 e. The van der Waals surface area contributed by atoms with Crippen LogP contribution in [0.1, 0.15) is 22.0 Å². The molecule has 1 atom stereocenters. The van der Waals surface area contributed by atoms with E-state index in [-0.39, 0.29) is 16.1 Å². The molecule has 26 heavy (non-hydrogen) atoms. The number of esters is 2. The zero-order chi connectivity index (χ0) is 18.8. The molecule has 134 valence electrons. The van der Waals surface area contributed by atoms with Crippen LogP contribution in [-0.2, 0) is 21.3 Å². The molecular formula is C17H13ClFN3O4. The number of hydrogen-bond donors (Lipinski definition) is 0. The van der Waals surface area contributed by atoms with Crippen molar-refractivity contribution in [3.63, 3.8) is 0 Å². The van der Waals surface area contributed by atoms with Crippen LogP contribution in [0.4, 0.5) is 4.39 Å². The highest BCUT2D eigenvalue weighted by Crippen LogP contribution is 2.26. The molecule has 0 saturated carbocycles.